The SMILES string of the molecule is CCCN(CC(=O)N(CCOC)Cc1cccn1C)C(=O)NC1CCCCC1. The lowest BCUT2D eigenvalue weighted by Crippen LogP contribution is -2.50. The van der Waals surface area contributed by atoms with E-state index in [1.165, 1.54) is 19.3 Å². The number of nitrogens with one attached hydrogen (secondary N) is 1. The monoisotopic (exact) mass is 392 g/mol. The predicted octanol–water partition coefficient (Wildman–Crippen LogP) is 2.75. The van der Waals surface area contributed by atoms with Gasteiger partial charge in [-0.2, -0.15) is 0 Å². The van der Waals surface area contributed by atoms with Gasteiger partial charge in [0.25, 0.3) is 0 Å². The average molecular weight is 393 g/mol. The van der Waals surface area contributed by atoms with Gasteiger partial charge in [-0.05, 0) is 31.4 Å². The van der Waals surface area contributed by atoms with E-state index in [0.29, 0.717) is 26.2 Å². The Kier molecular flexibility index (Phi) is 9.34. The Hall–Kier alpha value is -2.02. The molecule has 0 aliphatic heterocycles. The number of hydrogen-bond acceptors (Lipinski definition) is 3. The minimum Gasteiger partial charge on any atom is -0.383 e. The first-order chi connectivity index (χ1) is 13.5. The van der Waals surface area contributed by atoms with Gasteiger partial charge in [-0.25, -0.2) is 4.79 Å². The number of hydrogen-bond donors (Lipinski definition) is 1. The largest absolute Gasteiger partial charge is 0.383 e. The highest BCUT2D eigenvalue weighted by atomic mass is 16.5. The second kappa shape index (κ2) is 11.7. The maximum atomic E-state index is 13.0. The molecule has 1 aliphatic carbocycles. The van der Waals surface area contributed by atoms with Crippen molar-refractivity contribution in [2.24, 2.45) is 7.05 Å². The second-order valence-corrected chi connectivity index (χ2v) is 7.62. The van der Waals surface area contributed by atoms with Crippen molar-refractivity contribution < 1.29 is 14.3 Å². The van der Waals surface area contributed by atoms with Gasteiger partial charge in [0.2, 0.25) is 5.91 Å². The summed E-state index contributed by atoms with van der Waals surface area (Å²) in [6, 6.07) is 4.10. The molecule has 0 unspecified atom stereocenters. The predicted molar refractivity (Wildman–Crippen MR) is 110 cm³/mol. The van der Waals surface area contributed by atoms with Gasteiger partial charge in [0.1, 0.15) is 6.54 Å². The van der Waals surface area contributed by atoms with Crippen LogP contribution in [0.1, 0.15) is 51.1 Å². The Morgan fingerprint density at radius 2 is 1.96 bits per heavy atom. The van der Waals surface area contributed by atoms with Gasteiger partial charge in [-0.15, -0.1) is 0 Å². The number of methoxy groups -OCH3 is 1. The summed E-state index contributed by atoms with van der Waals surface area (Å²) in [6.07, 6.45) is 8.44. The molecule has 1 aliphatic rings. The average Bonchev–Trinajstić information content (AvgIpc) is 3.10. The van der Waals surface area contributed by atoms with E-state index in [-0.39, 0.29) is 24.5 Å². The molecule has 7 heteroatoms. The van der Waals surface area contributed by atoms with E-state index in [2.05, 4.69) is 5.32 Å². The van der Waals surface area contributed by atoms with Crippen molar-refractivity contribution in [3.8, 4) is 0 Å². The quantitative estimate of drug-likeness (QED) is 0.666. The summed E-state index contributed by atoms with van der Waals surface area (Å²) in [5.74, 6) is -0.0505. The summed E-state index contributed by atoms with van der Waals surface area (Å²) < 4.78 is 7.19. The normalized spacial score (nSPS) is 14.7. The Labute approximate surface area is 169 Å². The molecular formula is C21H36N4O3. The number of aromatic nitrogens is 1. The van der Waals surface area contributed by atoms with Crippen LogP contribution in [0.5, 0.6) is 0 Å². The fourth-order valence-corrected chi connectivity index (χ4v) is 3.65. The lowest BCUT2D eigenvalue weighted by molar-refractivity contribution is -0.133. The Balaban J connectivity index is 1.99. The fourth-order valence-electron chi connectivity index (χ4n) is 3.65. The molecule has 1 heterocycles. The van der Waals surface area contributed by atoms with Crippen molar-refractivity contribution in [3.63, 3.8) is 0 Å². The molecule has 28 heavy (non-hydrogen) atoms. The van der Waals surface area contributed by atoms with Crippen LogP contribution < -0.4 is 5.32 Å². The first-order valence-electron chi connectivity index (χ1n) is 10.5. The standard InChI is InChI=1S/C21H36N4O3/c1-4-12-25(21(27)22-18-9-6-5-7-10-18)17-20(26)24(14-15-28-3)16-19-11-8-13-23(19)2/h8,11,13,18H,4-7,9-10,12,14-17H2,1-3H3,(H,22,27). The van der Waals surface area contributed by atoms with Crippen molar-refractivity contribution in [1.29, 1.82) is 0 Å². The van der Waals surface area contributed by atoms with E-state index in [4.69, 9.17) is 4.74 Å². The third-order valence-corrected chi connectivity index (χ3v) is 5.36. The maximum Gasteiger partial charge on any atom is 0.318 e. The second-order valence-electron chi connectivity index (χ2n) is 7.62. The molecule has 0 saturated heterocycles. The number of carbonyl (C=O) groups is 2. The number of aryl methyl sites for hydroxylation is 1. The van der Waals surface area contributed by atoms with Gasteiger partial charge in [0.05, 0.1) is 13.2 Å². The summed E-state index contributed by atoms with van der Waals surface area (Å²) in [7, 11) is 3.60. The molecule has 3 amide bonds. The van der Waals surface area contributed by atoms with E-state index in [1.54, 1.807) is 16.9 Å². The van der Waals surface area contributed by atoms with Crippen LogP contribution in [0.3, 0.4) is 0 Å². The molecule has 0 bridgehead atoms. The zero-order valence-corrected chi connectivity index (χ0v) is 17.7. The fraction of sp³-hybridized carbons (Fsp3) is 0.714. The number of amides is 3. The summed E-state index contributed by atoms with van der Waals surface area (Å²) in [4.78, 5) is 29.2. The molecular weight excluding hydrogens is 356 g/mol. The van der Waals surface area contributed by atoms with E-state index < -0.39 is 0 Å². The van der Waals surface area contributed by atoms with Crippen LogP contribution in [0, 0.1) is 0 Å². The van der Waals surface area contributed by atoms with Gasteiger partial charge in [-0.1, -0.05) is 26.2 Å². The summed E-state index contributed by atoms with van der Waals surface area (Å²) in [5, 5.41) is 3.13. The Morgan fingerprint density at radius 1 is 1.21 bits per heavy atom. The Morgan fingerprint density at radius 3 is 2.57 bits per heavy atom. The topological polar surface area (TPSA) is 66.8 Å². The molecule has 1 saturated carbocycles. The van der Waals surface area contributed by atoms with Crippen LogP contribution >= 0.6 is 0 Å². The summed E-state index contributed by atoms with van der Waals surface area (Å²) >= 11 is 0. The van der Waals surface area contributed by atoms with E-state index in [0.717, 1.165) is 25.0 Å². The lowest BCUT2D eigenvalue weighted by Gasteiger charge is -2.30. The number of rotatable bonds is 10. The van der Waals surface area contributed by atoms with E-state index in [9.17, 15) is 9.59 Å². The van der Waals surface area contributed by atoms with Crippen LogP contribution in [0.15, 0.2) is 18.3 Å². The van der Waals surface area contributed by atoms with Crippen LogP contribution in [-0.4, -0.2) is 65.7 Å². The number of nitrogens with zero attached hydrogens (tertiary/aromatic N) is 3. The molecule has 2 rings (SSSR count). The molecule has 0 spiro atoms. The van der Waals surface area contributed by atoms with Gasteiger partial charge in [0, 0.05) is 45.2 Å². The minimum atomic E-state index is -0.118. The van der Waals surface area contributed by atoms with E-state index >= 15 is 0 Å². The maximum absolute atomic E-state index is 13.0. The highest BCUT2D eigenvalue weighted by Gasteiger charge is 2.24. The van der Waals surface area contributed by atoms with E-state index in [1.807, 2.05) is 36.9 Å². The van der Waals surface area contributed by atoms with Gasteiger partial charge >= 0.3 is 6.03 Å². The van der Waals surface area contributed by atoms with Gasteiger partial charge in [0.15, 0.2) is 0 Å². The first kappa shape index (κ1) is 22.3. The van der Waals surface area contributed by atoms with Gasteiger partial charge < -0.3 is 24.4 Å². The highest BCUT2D eigenvalue weighted by molar-refractivity contribution is 5.84. The third-order valence-electron chi connectivity index (χ3n) is 5.36. The summed E-state index contributed by atoms with van der Waals surface area (Å²) in [6.45, 7) is 4.18. The van der Waals surface area contributed by atoms with Crippen LogP contribution in [0.25, 0.3) is 0 Å². The molecule has 0 aromatic carbocycles. The van der Waals surface area contributed by atoms with Gasteiger partial charge in [-0.3, -0.25) is 4.79 Å². The lowest BCUT2D eigenvalue weighted by atomic mass is 9.96. The van der Waals surface area contributed by atoms with Crippen LogP contribution in [-0.2, 0) is 23.1 Å². The number of urea groups is 1. The first-order valence-corrected chi connectivity index (χ1v) is 10.5. The van der Waals surface area contributed by atoms with Crippen LogP contribution in [0.2, 0.25) is 0 Å². The molecule has 158 valence electrons. The molecule has 1 fully saturated rings. The summed E-state index contributed by atoms with van der Waals surface area (Å²) in [5.41, 5.74) is 1.05. The molecule has 0 radical (unpaired) electrons. The number of carbonyl (C=O) groups excluding carboxylic acids is 2. The smallest absolute Gasteiger partial charge is 0.318 e. The molecule has 1 aromatic rings. The minimum absolute atomic E-state index is 0.0505. The van der Waals surface area contributed by atoms with Crippen molar-refractivity contribution in [2.75, 3.05) is 33.4 Å². The third kappa shape index (κ3) is 6.86. The zero-order chi connectivity index (χ0) is 20.4. The zero-order valence-electron chi connectivity index (χ0n) is 17.7. The molecule has 1 aromatic heterocycles. The molecule has 7 nitrogen and oxygen atoms in total. The van der Waals surface area contributed by atoms with Crippen molar-refractivity contribution in [2.45, 2.75) is 58.0 Å². The Bertz CT molecular complexity index is 611. The molecule has 0 atom stereocenters. The van der Waals surface area contributed by atoms with Crippen LogP contribution in [0.4, 0.5) is 4.79 Å². The van der Waals surface area contributed by atoms with Crippen molar-refractivity contribution in [3.05, 3.63) is 24.0 Å². The number of ether oxygens (including phenoxy) is 1. The van der Waals surface area contributed by atoms with Crippen molar-refractivity contribution >= 4 is 11.9 Å². The highest BCUT2D eigenvalue weighted by Crippen LogP contribution is 2.17. The van der Waals surface area contributed by atoms with Crippen molar-refractivity contribution in [1.82, 2.24) is 19.7 Å². The molecule has 1 N–H and O–H groups in total.